The molecule has 1 unspecified atom stereocenters. The zero-order valence-corrected chi connectivity index (χ0v) is 21.9. The molecule has 1 aliphatic heterocycles. The van der Waals surface area contributed by atoms with Gasteiger partial charge in [0.15, 0.2) is 15.5 Å². The van der Waals surface area contributed by atoms with Gasteiger partial charge >= 0.3 is 0 Å². The Morgan fingerprint density at radius 2 is 1.89 bits per heavy atom. The second kappa shape index (κ2) is 10.5. The number of hydrogen-bond donors (Lipinski definition) is 1. The fourth-order valence-corrected chi connectivity index (χ4v) is 6.43. The van der Waals surface area contributed by atoms with Crippen molar-refractivity contribution in [1.29, 1.82) is 0 Å². The third kappa shape index (κ3) is 5.41. The molecule has 1 fully saturated rings. The third-order valence-corrected chi connectivity index (χ3v) is 8.65. The van der Waals surface area contributed by atoms with Gasteiger partial charge in [0.25, 0.3) is 5.91 Å². The van der Waals surface area contributed by atoms with E-state index in [1.165, 1.54) is 5.56 Å². The first kappa shape index (κ1) is 25.3. The number of aromatic nitrogens is 3. The summed E-state index contributed by atoms with van der Waals surface area (Å²) in [6, 6.07) is 9.72. The third-order valence-electron chi connectivity index (χ3n) is 6.90. The van der Waals surface area contributed by atoms with Crippen LogP contribution in [0.25, 0.3) is 22.3 Å². The van der Waals surface area contributed by atoms with Crippen molar-refractivity contribution >= 4 is 26.8 Å². The van der Waals surface area contributed by atoms with E-state index in [0.29, 0.717) is 41.0 Å². The predicted octanol–water partition coefficient (Wildman–Crippen LogP) is 3.40. The molecule has 0 spiro atoms. The molecule has 4 rings (SSSR count). The number of sulfone groups is 1. The summed E-state index contributed by atoms with van der Waals surface area (Å²) < 4.78 is 26.1. The highest BCUT2D eigenvalue weighted by Crippen LogP contribution is 2.32. The SMILES string of the molecule is CCc1ccc(-c2cc(C(=O)NCCN(CC)CC)c3c(C)nn(C4CCS(=O)(=O)C4)c3n2)cc1. The van der Waals surface area contributed by atoms with E-state index in [1.807, 2.05) is 25.1 Å². The van der Waals surface area contributed by atoms with Gasteiger partial charge in [-0.25, -0.2) is 18.1 Å². The molecule has 1 aliphatic rings. The number of nitrogens with one attached hydrogen (secondary N) is 1. The first-order valence-corrected chi connectivity index (χ1v) is 14.3. The van der Waals surface area contributed by atoms with Crippen molar-refractivity contribution in [1.82, 2.24) is 25.0 Å². The van der Waals surface area contributed by atoms with E-state index in [-0.39, 0.29) is 23.5 Å². The minimum Gasteiger partial charge on any atom is -0.351 e. The van der Waals surface area contributed by atoms with Crippen LogP contribution in [0.15, 0.2) is 30.3 Å². The highest BCUT2D eigenvalue weighted by Gasteiger charge is 2.32. The van der Waals surface area contributed by atoms with Gasteiger partial charge in [-0.2, -0.15) is 5.10 Å². The van der Waals surface area contributed by atoms with Crippen LogP contribution in [-0.4, -0.2) is 71.7 Å². The first-order chi connectivity index (χ1) is 16.8. The highest BCUT2D eigenvalue weighted by molar-refractivity contribution is 7.91. The number of carbonyl (C=O) groups excluding carboxylic acids is 1. The van der Waals surface area contributed by atoms with Crippen LogP contribution in [-0.2, 0) is 16.3 Å². The molecule has 35 heavy (non-hydrogen) atoms. The van der Waals surface area contributed by atoms with Gasteiger partial charge in [-0.15, -0.1) is 0 Å². The van der Waals surface area contributed by atoms with Crippen LogP contribution in [0, 0.1) is 6.92 Å². The Bertz CT molecular complexity index is 1310. The van der Waals surface area contributed by atoms with Gasteiger partial charge in [-0.1, -0.05) is 45.0 Å². The summed E-state index contributed by atoms with van der Waals surface area (Å²) in [5.41, 5.74) is 4.57. The van der Waals surface area contributed by atoms with E-state index in [4.69, 9.17) is 4.98 Å². The minimum atomic E-state index is -3.10. The average Bonchev–Trinajstić information content (AvgIpc) is 3.39. The van der Waals surface area contributed by atoms with Crippen LogP contribution in [0.5, 0.6) is 0 Å². The molecule has 8 nitrogen and oxygen atoms in total. The van der Waals surface area contributed by atoms with Gasteiger partial charge in [0.2, 0.25) is 0 Å². The van der Waals surface area contributed by atoms with Crippen LogP contribution in [0.2, 0.25) is 0 Å². The molecule has 1 saturated heterocycles. The molecule has 3 heterocycles. The van der Waals surface area contributed by atoms with Crippen LogP contribution in [0.1, 0.15) is 54.8 Å². The Kier molecular flexibility index (Phi) is 7.56. The van der Waals surface area contributed by atoms with Gasteiger partial charge in [0.1, 0.15) is 0 Å². The molecule has 1 N–H and O–H groups in total. The lowest BCUT2D eigenvalue weighted by Crippen LogP contribution is -2.34. The Morgan fingerprint density at radius 1 is 1.17 bits per heavy atom. The smallest absolute Gasteiger partial charge is 0.252 e. The van der Waals surface area contributed by atoms with E-state index in [0.717, 1.165) is 31.6 Å². The van der Waals surface area contributed by atoms with E-state index in [2.05, 4.69) is 48.2 Å². The lowest BCUT2D eigenvalue weighted by molar-refractivity contribution is 0.0950. The summed E-state index contributed by atoms with van der Waals surface area (Å²) in [6.45, 7) is 11.3. The van der Waals surface area contributed by atoms with Gasteiger partial charge in [0.05, 0.1) is 39.9 Å². The van der Waals surface area contributed by atoms with Crippen LogP contribution < -0.4 is 5.32 Å². The number of carbonyl (C=O) groups is 1. The maximum atomic E-state index is 13.4. The van der Waals surface area contributed by atoms with E-state index >= 15 is 0 Å². The predicted molar refractivity (Wildman–Crippen MR) is 140 cm³/mol. The molecular formula is C26H35N5O3S. The number of hydrogen-bond acceptors (Lipinski definition) is 6. The van der Waals surface area contributed by atoms with Crippen molar-refractivity contribution < 1.29 is 13.2 Å². The topological polar surface area (TPSA) is 97.2 Å². The molecule has 9 heteroatoms. The molecule has 3 aromatic rings. The van der Waals surface area contributed by atoms with Crippen molar-refractivity contribution in [3.63, 3.8) is 0 Å². The minimum absolute atomic E-state index is 0.0473. The van der Waals surface area contributed by atoms with Crippen molar-refractivity contribution in [3.8, 4) is 11.3 Å². The molecule has 188 valence electrons. The number of nitrogens with zero attached hydrogens (tertiary/aromatic N) is 4. The van der Waals surface area contributed by atoms with Crippen LogP contribution in [0.3, 0.4) is 0 Å². The van der Waals surface area contributed by atoms with Crippen molar-refractivity contribution in [3.05, 3.63) is 47.2 Å². The molecule has 0 aliphatic carbocycles. The summed E-state index contributed by atoms with van der Waals surface area (Å²) in [5, 5.41) is 8.43. The highest BCUT2D eigenvalue weighted by atomic mass is 32.2. The molecular weight excluding hydrogens is 462 g/mol. The van der Waals surface area contributed by atoms with Gasteiger partial charge in [-0.05, 0) is 44.5 Å². The summed E-state index contributed by atoms with van der Waals surface area (Å²) in [4.78, 5) is 20.6. The Hall–Kier alpha value is -2.78. The Balaban J connectivity index is 1.78. The maximum absolute atomic E-state index is 13.4. The number of pyridine rings is 1. The molecule has 0 saturated carbocycles. The van der Waals surface area contributed by atoms with Crippen LogP contribution in [0.4, 0.5) is 0 Å². The molecule has 0 bridgehead atoms. The fraction of sp³-hybridized carbons (Fsp3) is 0.500. The Morgan fingerprint density at radius 3 is 2.49 bits per heavy atom. The normalized spacial score (nSPS) is 17.3. The lowest BCUT2D eigenvalue weighted by Gasteiger charge is -2.18. The van der Waals surface area contributed by atoms with Gasteiger partial charge in [0, 0.05) is 18.7 Å². The molecule has 1 aromatic carbocycles. The summed E-state index contributed by atoms with van der Waals surface area (Å²) in [5.74, 6) is 0.0263. The molecule has 1 amide bonds. The lowest BCUT2D eigenvalue weighted by atomic mass is 10.0. The largest absolute Gasteiger partial charge is 0.351 e. The second-order valence-electron chi connectivity index (χ2n) is 9.17. The van der Waals surface area contributed by atoms with Crippen molar-refractivity contribution in [2.75, 3.05) is 37.7 Å². The number of likely N-dealkylation sites (N-methyl/N-ethyl adjacent to an activating group) is 1. The quantitative estimate of drug-likeness (QED) is 0.487. The summed E-state index contributed by atoms with van der Waals surface area (Å²) in [6.07, 6.45) is 1.44. The van der Waals surface area contributed by atoms with Gasteiger partial charge in [-0.3, -0.25) is 4.79 Å². The number of benzene rings is 1. The number of amides is 1. The monoisotopic (exact) mass is 497 g/mol. The average molecular weight is 498 g/mol. The summed E-state index contributed by atoms with van der Waals surface area (Å²) >= 11 is 0. The van der Waals surface area contributed by atoms with E-state index in [1.54, 1.807) is 4.68 Å². The molecule has 1 atom stereocenters. The zero-order chi connectivity index (χ0) is 25.2. The van der Waals surface area contributed by atoms with E-state index < -0.39 is 9.84 Å². The number of fused-ring (bicyclic) bond motifs is 1. The Labute approximate surface area is 207 Å². The standard InChI is InChI=1S/C26H35N5O3S/c1-5-19-8-10-20(11-9-19)23-16-22(26(32)27-13-14-30(6-2)7-3)24-18(4)29-31(25(24)28-23)21-12-15-35(33,34)17-21/h8-11,16,21H,5-7,12-15,17H2,1-4H3,(H,27,32). The summed E-state index contributed by atoms with van der Waals surface area (Å²) in [7, 11) is -3.10. The maximum Gasteiger partial charge on any atom is 0.252 e. The zero-order valence-electron chi connectivity index (χ0n) is 21.0. The first-order valence-electron chi connectivity index (χ1n) is 12.5. The van der Waals surface area contributed by atoms with Crippen molar-refractivity contribution in [2.45, 2.75) is 46.6 Å². The fourth-order valence-electron chi connectivity index (χ4n) is 4.74. The van der Waals surface area contributed by atoms with E-state index in [9.17, 15) is 13.2 Å². The van der Waals surface area contributed by atoms with Gasteiger partial charge < -0.3 is 10.2 Å². The molecule has 0 radical (unpaired) electrons. The molecule has 2 aromatic heterocycles. The second-order valence-corrected chi connectivity index (χ2v) is 11.4. The number of aryl methyl sites for hydroxylation is 2. The van der Waals surface area contributed by atoms with Crippen LogP contribution >= 0.6 is 0 Å². The van der Waals surface area contributed by atoms with Crippen molar-refractivity contribution in [2.24, 2.45) is 0 Å². The number of rotatable bonds is 9.